The van der Waals surface area contributed by atoms with Crippen molar-refractivity contribution in [3.63, 3.8) is 0 Å². The second-order valence-corrected chi connectivity index (χ2v) is 7.18. The van der Waals surface area contributed by atoms with Crippen molar-refractivity contribution in [2.24, 2.45) is 0 Å². The minimum absolute atomic E-state index is 0.134. The van der Waals surface area contributed by atoms with Crippen LogP contribution >= 0.6 is 0 Å². The number of amides is 2. The van der Waals surface area contributed by atoms with E-state index in [0.29, 0.717) is 22.5 Å². The van der Waals surface area contributed by atoms with Crippen molar-refractivity contribution in [3.8, 4) is 0 Å². The van der Waals surface area contributed by atoms with E-state index >= 15 is 0 Å². The van der Waals surface area contributed by atoms with E-state index in [1.165, 1.54) is 12.3 Å². The summed E-state index contributed by atoms with van der Waals surface area (Å²) in [4.78, 5) is 38.5. The van der Waals surface area contributed by atoms with Crippen molar-refractivity contribution in [1.29, 1.82) is 0 Å². The van der Waals surface area contributed by atoms with Gasteiger partial charge in [0.15, 0.2) is 11.5 Å². The summed E-state index contributed by atoms with van der Waals surface area (Å²) in [5, 5.41) is 5.51. The van der Waals surface area contributed by atoms with Gasteiger partial charge >= 0.3 is 0 Å². The molecule has 0 fully saturated rings. The molecule has 6 heteroatoms. The second-order valence-electron chi connectivity index (χ2n) is 7.18. The molecule has 0 aliphatic carbocycles. The van der Waals surface area contributed by atoms with Crippen molar-refractivity contribution >= 4 is 29.0 Å². The van der Waals surface area contributed by atoms with E-state index in [4.69, 9.17) is 4.42 Å². The molecule has 0 saturated carbocycles. The predicted octanol–water partition coefficient (Wildman–Crippen LogP) is 5.32. The third-order valence-electron chi connectivity index (χ3n) is 4.87. The Hall–Kier alpha value is -4.45. The Bertz CT molecular complexity index is 1280. The van der Waals surface area contributed by atoms with Gasteiger partial charge in [0.25, 0.3) is 11.8 Å². The van der Waals surface area contributed by atoms with Crippen LogP contribution in [0.5, 0.6) is 0 Å². The van der Waals surface area contributed by atoms with Gasteiger partial charge in [0.1, 0.15) is 0 Å². The number of ketones is 1. The number of nitrogens with one attached hydrogen (secondary N) is 2. The molecule has 0 atom stereocenters. The smallest absolute Gasteiger partial charge is 0.291 e. The SMILES string of the molecule is Cc1ccc(NC(=O)c2ccccc2NC(=O)c2ccco2)c(C(=O)c2ccccc2)c1. The number of hydrogen-bond donors (Lipinski definition) is 2. The van der Waals surface area contributed by atoms with Crippen LogP contribution in [0.3, 0.4) is 0 Å². The lowest BCUT2D eigenvalue weighted by Crippen LogP contribution is -2.19. The maximum Gasteiger partial charge on any atom is 0.291 e. The lowest BCUT2D eigenvalue weighted by atomic mass is 9.99. The quantitative estimate of drug-likeness (QED) is 0.410. The van der Waals surface area contributed by atoms with E-state index in [1.807, 2.05) is 19.1 Å². The monoisotopic (exact) mass is 424 g/mol. The molecule has 0 aliphatic heterocycles. The zero-order valence-electron chi connectivity index (χ0n) is 17.3. The predicted molar refractivity (Wildman–Crippen MR) is 122 cm³/mol. The van der Waals surface area contributed by atoms with Gasteiger partial charge < -0.3 is 15.1 Å². The van der Waals surface area contributed by atoms with Gasteiger partial charge in [0.2, 0.25) is 0 Å². The molecule has 0 spiro atoms. The second kappa shape index (κ2) is 9.14. The summed E-state index contributed by atoms with van der Waals surface area (Å²) >= 11 is 0. The molecule has 0 bridgehead atoms. The maximum absolute atomic E-state index is 13.1. The lowest BCUT2D eigenvalue weighted by molar-refractivity contribution is 0.0995. The van der Waals surface area contributed by atoms with E-state index in [9.17, 15) is 14.4 Å². The average molecular weight is 424 g/mol. The first-order valence-corrected chi connectivity index (χ1v) is 9.98. The molecule has 0 radical (unpaired) electrons. The summed E-state index contributed by atoms with van der Waals surface area (Å²) in [5.41, 5.74) is 2.79. The summed E-state index contributed by atoms with van der Waals surface area (Å²) < 4.78 is 5.11. The molecule has 2 amide bonds. The van der Waals surface area contributed by atoms with Crippen LogP contribution in [0.2, 0.25) is 0 Å². The number of aryl methyl sites for hydroxylation is 1. The summed E-state index contributed by atoms with van der Waals surface area (Å²) in [6.07, 6.45) is 1.40. The van der Waals surface area contributed by atoms with Gasteiger partial charge in [-0.15, -0.1) is 0 Å². The van der Waals surface area contributed by atoms with E-state index < -0.39 is 11.8 Å². The molecule has 1 heterocycles. The standard InChI is InChI=1S/C26H20N2O4/c1-17-13-14-22(20(16-17)24(29)18-8-3-2-4-9-18)27-25(30)19-10-5-6-11-21(19)28-26(31)23-12-7-15-32-23/h2-16H,1H3,(H,27,30)(H,28,31). The molecule has 158 valence electrons. The van der Waals surface area contributed by atoms with E-state index in [0.717, 1.165) is 5.56 Å². The van der Waals surface area contributed by atoms with Crippen LogP contribution in [0.4, 0.5) is 11.4 Å². The molecular weight excluding hydrogens is 404 g/mol. The minimum Gasteiger partial charge on any atom is -0.459 e. The van der Waals surface area contributed by atoms with Gasteiger partial charge in [-0.05, 0) is 43.3 Å². The number of benzene rings is 3. The normalized spacial score (nSPS) is 10.4. The van der Waals surface area contributed by atoms with Crippen molar-refractivity contribution in [1.82, 2.24) is 0 Å². The topological polar surface area (TPSA) is 88.4 Å². The van der Waals surface area contributed by atoms with Crippen molar-refractivity contribution in [3.05, 3.63) is 119 Å². The zero-order valence-corrected chi connectivity index (χ0v) is 17.3. The van der Waals surface area contributed by atoms with E-state index in [-0.39, 0.29) is 17.1 Å². The summed E-state index contributed by atoms with van der Waals surface area (Å²) in [6.45, 7) is 1.88. The molecule has 6 nitrogen and oxygen atoms in total. The van der Waals surface area contributed by atoms with Gasteiger partial charge in [-0.25, -0.2) is 0 Å². The first-order valence-electron chi connectivity index (χ1n) is 9.98. The largest absolute Gasteiger partial charge is 0.459 e. The number of hydrogen-bond acceptors (Lipinski definition) is 4. The molecule has 0 aliphatic rings. The number of anilines is 2. The zero-order chi connectivity index (χ0) is 22.5. The van der Waals surface area contributed by atoms with Gasteiger partial charge in [-0.2, -0.15) is 0 Å². The van der Waals surface area contributed by atoms with E-state index in [1.54, 1.807) is 66.7 Å². The van der Waals surface area contributed by atoms with Crippen LogP contribution in [0.25, 0.3) is 0 Å². The van der Waals surface area contributed by atoms with Gasteiger partial charge in [0, 0.05) is 11.1 Å². The minimum atomic E-state index is -0.467. The number of furan rings is 1. The fourth-order valence-corrected chi connectivity index (χ4v) is 3.27. The van der Waals surface area contributed by atoms with Crippen molar-refractivity contribution in [2.45, 2.75) is 6.92 Å². The Balaban J connectivity index is 1.62. The highest BCUT2D eigenvalue weighted by Gasteiger charge is 2.19. The highest BCUT2D eigenvalue weighted by Crippen LogP contribution is 2.24. The van der Waals surface area contributed by atoms with Crippen LogP contribution in [0, 0.1) is 6.92 Å². The van der Waals surface area contributed by atoms with Gasteiger partial charge in [-0.3, -0.25) is 14.4 Å². The van der Waals surface area contributed by atoms with Crippen molar-refractivity contribution in [2.75, 3.05) is 10.6 Å². The molecule has 4 rings (SSSR count). The molecule has 1 aromatic heterocycles. The van der Waals surface area contributed by atoms with Crippen LogP contribution in [-0.2, 0) is 0 Å². The molecule has 0 saturated heterocycles. The summed E-state index contributed by atoms with van der Waals surface area (Å²) in [5.74, 6) is -0.977. The van der Waals surface area contributed by atoms with Crippen LogP contribution in [-0.4, -0.2) is 17.6 Å². The van der Waals surface area contributed by atoms with Crippen molar-refractivity contribution < 1.29 is 18.8 Å². The van der Waals surface area contributed by atoms with Gasteiger partial charge in [0.05, 0.1) is 23.2 Å². The average Bonchev–Trinajstić information content (AvgIpc) is 3.36. The molecule has 3 aromatic carbocycles. The third-order valence-corrected chi connectivity index (χ3v) is 4.87. The number of para-hydroxylation sites is 1. The third kappa shape index (κ3) is 4.49. The fraction of sp³-hybridized carbons (Fsp3) is 0.0385. The Morgan fingerprint density at radius 1 is 0.688 bits per heavy atom. The first-order chi connectivity index (χ1) is 15.5. The van der Waals surface area contributed by atoms with Crippen LogP contribution < -0.4 is 10.6 Å². The highest BCUT2D eigenvalue weighted by molar-refractivity contribution is 6.17. The highest BCUT2D eigenvalue weighted by atomic mass is 16.3. The molecule has 32 heavy (non-hydrogen) atoms. The number of rotatable bonds is 6. The Morgan fingerprint density at radius 2 is 1.38 bits per heavy atom. The number of carbonyl (C=O) groups excluding carboxylic acids is 3. The molecule has 4 aromatic rings. The molecule has 2 N–H and O–H groups in total. The molecular formula is C26H20N2O4. The first kappa shape index (κ1) is 20.8. The fourth-order valence-electron chi connectivity index (χ4n) is 3.27. The Kier molecular flexibility index (Phi) is 5.94. The Morgan fingerprint density at radius 3 is 2.12 bits per heavy atom. The molecule has 0 unspecified atom stereocenters. The van der Waals surface area contributed by atoms with Crippen LogP contribution in [0.1, 0.15) is 42.4 Å². The lowest BCUT2D eigenvalue weighted by Gasteiger charge is -2.14. The maximum atomic E-state index is 13.1. The van der Waals surface area contributed by atoms with Crippen LogP contribution in [0.15, 0.2) is 95.6 Å². The van der Waals surface area contributed by atoms with E-state index in [2.05, 4.69) is 10.6 Å². The Labute approximate surface area is 184 Å². The number of carbonyl (C=O) groups is 3. The van der Waals surface area contributed by atoms with Gasteiger partial charge in [-0.1, -0.05) is 54.1 Å². The summed E-state index contributed by atoms with van der Waals surface area (Å²) in [7, 11) is 0. The summed E-state index contributed by atoms with van der Waals surface area (Å²) in [6, 6.07) is 23.9.